The molecule has 1 saturated heterocycles. The highest BCUT2D eigenvalue weighted by Gasteiger charge is 2.34. The van der Waals surface area contributed by atoms with Crippen molar-refractivity contribution in [2.75, 3.05) is 24.5 Å². The van der Waals surface area contributed by atoms with Gasteiger partial charge in [-0.25, -0.2) is 8.42 Å². The van der Waals surface area contributed by atoms with Crippen LogP contribution in [0.3, 0.4) is 0 Å². The number of sulfonamides is 1. The van der Waals surface area contributed by atoms with Gasteiger partial charge in [0.25, 0.3) is 5.91 Å². The lowest BCUT2D eigenvalue weighted by molar-refractivity contribution is 0.0986. The van der Waals surface area contributed by atoms with E-state index in [1.165, 1.54) is 15.6 Å². The van der Waals surface area contributed by atoms with Gasteiger partial charge in [0.1, 0.15) is 9.77 Å². The van der Waals surface area contributed by atoms with Crippen LogP contribution in [0.1, 0.15) is 34.5 Å². The van der Waals surface area contributed by atoms with Crippen molar-refractivity contribution in [1.82, 2.24) is 4.31 Å². The van der Waals surface area contributed by atoms with Crippen LogP contribution < -0.4 is 4.90 Å². The van der Waals surface area contributed by atoms with E-state index in [1.807, 2.05) is 18.2 Å². The molecule has 26 heavy (non-hydrogen) atoms. The van der Waals surface area contributed by atoms with Crippen LogP contribution in [0.15, 0.2) is 39.0 Å². The highest BCUT2D eigenvalue weighted by Crippen LogP contribution is 2.34. The molecule has 138 valence electrons. The molecular weight excluding hydrogens is 436 g/mol. The van der Waals surface area contributed by atoms with Gasteiger partial charge in [-0.05, 0) is 60.9 Å². The Hall–Kier alpha value is -1.22. The predicted octanol–water partition coefficient (Wildman–Crippen LogP) is 3.89. The fourth-order valence-corrected chi connectivity index (χ4v) is 6.89. The van der Waals surface area contributed by atoms with Crippen LogP contribution in [0, 0.1) is 0 Å². The fourth-order valence-electron chi connectivity index (χ4n) is 3.62. The van der Waals surface area contributed by atoms with Gasteiger partial charge in [-0.3, -0.25) is 4.79 Å². The summed E-state index contributed by atoms with van der Waals surface area (Å²) in [4.78, 5) is 15.4. The maximum absolute atomic E-state index is 13.2. The monoisotopic (exact) mass is 454 g/mol. The molecule has 0 atom stereocenters. The largest absolute Gasteiger partial charge is 0.307 e. The Balaban J connectivity index is 1.70. The molecule has 1 amide bonds. The molecule has 0 saturated carbocycles. The van der Waals surface area contributed by atoms with E-state index in [0.29, 0.717) is 24.5 Å². The van der Waals surface area contributed by atoms with Gasteiger partial charge in [0.2, 0.25) is 10.0 Å². The van der Waals surface area contributed by atoms with Gasteiger partial charge in [0.05, 0.1) is 0 Å². The first-order valence-electron chi connectivity index (χ1n) is 8.66. The highest BCUT2D eigenvalue weighted by atomic mass is 79.9. The maximum Gasteiger partial charge on any atom is 0.269 e. The van der Waals surface area contributed by atoms with Crippen molar-refractivity contribution in [1.29, 1.82) is 0 Å². The molecule has 8 heteroatoms. The summed E-state index contributed by atoms with van der Waals surface area (Å²) in [5.74, 6) is -0.221. The van der Waals surface area contributed by atoms with E-state index in [4.69, 9.17) is 0 Å². The van der Waals surface area contributed by atoms with Crippen molar-refractivity contribution in [2.45, 2.75) is 30.6 Å². The number of fused-ring (bicyclic) bond motifs is 1. The summed E-state index contributed by atoms with van der Waals surface area (Å²) in [7, 11) is -3.61. The second kappa shape index (κ2) is 7.07. The Morgan fingerprint density at radius 2 is 1.85 bits per heavy atom. The molecule has 1 fully saturated rings. The lowest BCUT2D eigenvalue weighted by Crippen LogP contribution is -2.36. The number of carbonyl (C=O) groups is 1. The number of benzene rings is 1. The van der Waals surface area contributed by atoms with Crippen LogP contribution in [0.2, 0.25) is 0 Å². The number of thiophene rings is 1. The third kappa shape index (κ3) is 3.13. The molecule has 0 radical (unpaired) electrons. The predicted molar refractivity (Wildman–Crippen MR) is 106 cm³/mol. The normalized spacial score (nSPS) is 18.1. The van der Waals surface area contributed by atoms with Crippen molar-refractivity contribution in [2.24, 2.45) is 0 Å². The molecule has 2 aromatic rings. The number of rotatable bonds is 3. The van der Waals surface area contributed by atoms with Gasteiger partial charge in [0, 0.05) is 29.8 Å². The zero-order valence-electron chi connectivity index (χ0n) is 14.2. The quantitative estimate of drug-likeness (QED) is 0.706. The Kier molecular flexibility index (Phi) is 4.94. The number of hydrogen-bond donors (Lipinski definition) is 0. The highest BCUT2D eigenvalue weighted by molar-refractivity contribution is 9.10. The lowest BCUT2D eigenvalue weighted by atomic mass is 10.0. The average Bonchev–Trinajstić information content (AvgIpc) is 3.32. The standard InChI is InChI=1S/C18H19BrN2O3S2/c19-14-5-6-15-13(12-14)4-3-10-21(15)18(22)17-16(7-11-25-17)26(23,24)20-8-1-2-9-20/h5-7,11-12H,1-4,8-10H2. The molecule has 0 aliphatic carbocycles. The summed E-state index contributed by atoms with van der Waals surface area (Å²) in [6.07, 6.45) is 3.54. The van der Waals surface area contributed by atoms with E-state index in [2.05, 4.69) is 15.9 Å². The van der Waals surface area contributed by atoms with Gasteiger partial charge >= 0.3 is 0 Å². The topological polar surface area (TPSA) is 57.7 Å². The molecule has 2 aliphatic heterocycles. The van der Waals surface area contributed by atoms with Crippen molar-refractivity contribution in [3.05, 3.63) is 44.6 Å². The summed E-state index contributed by atoms with van der Waals surface area (Å²) in [6, 6.07) is 7.45. The van der Waals surface area contributed by atoms with E-state index < -0.39 is 10.0 Å². The molecule has 1 aromatic heterocycles. The second-order valence-electron chi connectivity index (χ2n) is 6.56. The average molecular weight is 455 g/mol. The summed E-state index contributed by atoms with van der Waals surface area (Å²) in [5, 5.41) is 1.70. The number of amides is 1. The summed E-state index contributed by atoms with van der Waals surface area (Å²) < 4.78 is 28.4. The lowest BCUT2D eigenvalue weighted by Gasteiger charge is -2.29. The van der Waals surface area contributed by atoms with Crippen molar-refractivity contribution >= 4 is 48.9 Å². The number of carbonyl (C=O) groups excluding carboxylic acids is 1. The van der Waals surface area contributed by atoms with E-state index in [9.17, 15) is 13.2 Å². The van der Waals surface area contributed by atoms with Crippen LogP contribution in [0.5, 0.6) is 0 Å². The molecule has 1 aromatic carbocycles. The Morgan fingerprint density at radius 1 is 1.08 bits per heavy atom. The summed E-state index contributed by atoms with van der Waals surface area (Å²) in [6.45, 7) is 1.67. The molecular formula is C18H19BrN2O3S2. The van der Waals surface area contributed by atoms with Crippen LogP contribution in [0.25, 0.3) is 0 Å². The van der Waals surface area contributed by atoms with Gasteiger partial charge < -0.3 is 4.90 Å². The first-order chi connectivity index (χ1) is 12.5. The maximum atomic E-state index is 13.2. The fraction of sp³-hybridized carbons (Fsp3) is 0.389. The van der Waals surface area contributed by atoms with Crippen LogP contribution in [-0.2, 0) is 16.4 Å². The number of anilines is 1. The van der Waals surface area contributed by atoms with Gasteiger partial charge in [-0.1, -0.05) is 15.9 Å². The minimum absolute atomic E-state index is 0.152. The van der Waals surface area contributed by atoms with Crippen molar-refractivity contribution in [3.8, 4) is 0 Å². The van der Waals surface area contributed by atoms with Crippen molar-refractivity contribution in [3.63, 3.8) is 0 Å². The zero-order valence-corrected chi connectivity index (χ0v) is 17.4. The molecule has 0 bridgehead atoms. The molecule has 0 unspecified atom stereocenters. The minimum Gasteiger partial charge on any atom is -0.307 e. The molecule has 2 aliphatic rings. The SMILES string of the molecule is O=C(c1sccc1S(=O)(=O)N1CCCC1)N1CCCc2cc(Br)ccc21. The van der Waals surface area contributed by atoms with Crippen LogP contribution in [0.4, 0.5) is 5.69 Å². The molecule has 0 spiro atoms. The smallest absolute Gasteiger partial charge is 0.269 e. The third-order valence-electron chi connectivity index (χ3n) is 4.91. The molecule has 3 heterocycles. The molecule has 4 rings (SSSR count). The number of nitrogens with zero attached hydrogens (tertiary/aromatic N) is 2. The molecule has 0 N–H and O–H groups in total. The van der Waals surface area contributed by atoms with E-state index in [-0.39, 0.29) is 10.8 Å². The van der Waals surface area contributed by atoms with Gasteiger partial charge in [-0.2, -0.15) is 4.31 Å². The second-order valence-corrected chi connectivity index (χ2v) is 10.3. The first kappa shape index (κ1) is 18.2. The molecule has 5 nitrogen and oxygen atoms in total. The van der Waals surface area contributed by atoms with E-state index in [0.717, 1.165) is 41.4 Å². The van der Waals surface area contributed by atoms with E-state index >= 15 is 0 Å². The summed E-state index contributed by atoms with van der Waals surface area (Å²) in [5.41, 5.74) is 1.99. The number of aryl methyl sites for hydroxylation is 1. The zero-order chi connectivity index (χ0) is 18.3. The number of halogens is 1. The Morgan fingerprint density at radius 3 is 2.62 bits per heavy atom. The van der Waals surface area contributed by atoms with Crippen LogP contribution in [-0.4, -0.2) is 38.3 Å². The van der Waals surface area contributed by atoms with Crippen molar-refractivity contribution < 1.29 is 13.2 Å². The van der Waals surface area contributed by atoms with Gasteiger partial charge in [-0.15, -0.1) is 11.3 Å². The van der Waals surface area contributed by atoms with Gasteiger partial charge in [0.15, 0.2) is 0 Å². The first-order valence-corrected chi connectivity index (χ1v) is 11.8. The summed E-state index contributed by atoms with van der Waals surface area (Å²) >= 11 is 4.68. The Bertz CT molecular complexity index is 949. The van der Waals surface area contributed by atoms with Crippen LogP contribution >= 0.6 is 27.3 Å². The number of hydrogen-bond acceptors (Lipinski definition) is 4. The van der Waals surface area contributed by atoms with E-state index in [1.54, 1.807) is 16.3 Å². The minimum atomic E-state index is -3.61. The third-order valence-corrected chi connectivity index (χ3v) is 8.38. The Labute approximate surface area is 165 Å².